The first-order valence-electron chi connectivity index (χ1n) is 6.31. The minimum atomic E-state index is -0.497. The molecule has 2 N–H and O–H groups in total. The number of aromatic amines is 1. The smallest absolute Gasteiger partial charge is 0.411 e. The van der Waals surface area contributed by atoms with E-state index < -0.39 is 6.09 Å². The predicted octanol–water partition coefficient (Wildman–Crippen LogP) is 3.89. The lowest BCUT2D eigenvalue weighted by Gasteiger charge is -2.10. The van der Waals surface area contributed by atoms with Gasteiger partial charge in [0, 0.05) is 9.79 Å². The zero-order valence-corrected chi connectivity index (χ0v) is 12.1. The molecule has 0 atom stereocenters. The summed E-state index contributed by atoms with van der Waals surface area (Å²) in [5, 5.41) is 2.73. The number of benzene rings is 2. The second-order valence-electron chi connectivity index (χ2n) is 4.30. The topological polar surface area (TPSA) is 67.0 Å². The van der Waals surface area contributed by atoms with Gasteiger partial charge in [0.25, 0.3) is 0 Å². The number of anilines is 1. The Labute approximate surface area is 125 Å². The summed E-state index contributed by atoms with van der Waals surface area (Å²) in [5.74, 6) is 0. The number of carbonyl (C=O) groups is 1. The molecule has 2 aromatic carbocycles. The highest BCUT2D eigenvalue weighted by Crippen LogP contribution is 2.35. The third-order valence-electron chi connectivity index (χ3n) is 2.91. The number of imidazole rings is 1. The van der Waals surface area contributed by atoms with Gasteiger partial charge in [0.2, 0.25) is 0 Å². The maximum Gasteiger partial charge on any atom is 0.411 e. The Hall–Kier alpha value is -2.47. The second-order valence-corrected chi connectivity index (χ2v) is 5.42. The zero-order chi connectivity index (χ0) is 14.7. The summed E-state index contributed by atoms with van der Waals surface area (Å²) in [6, 6.07) is 13.7. The van der Waals surface area contributed by atoms with Gasteiger partial charge < -0.3 is 9.72 Å². The fourth-order valence-corrected chi connectivity index (χ4v) is 2.86. The van der Waals surface area contributed by atoms with Crippen molar-refractivity contribution in [3.8, 4) is 0 Å². The third-order valence-corrected chi connectivity index (χ3v) is 3.98. The Morgan fingerprint density at radius 3 is 2.86 bits per heavy atom. The highest BCUT2D eigenvalue weighted by Gasteiger charge is 2.11. The maximum absolute atomic E-state index is 11.5. The van der Waals surface area contributed by atoms with Gasteiger partial charge in [-0.15, -0.1) is 0 Å². The van der Waals surface area contributed by atoms with Crippen LogP contribution in [-0.4, -0.2) is 23.2 Å². The molecule has 0 radical (unpaired) electrons. The van der Waals surface area contributed by atoms with Crippen LogP contribution >= 0.6 is 11.8 Å². The summed E-state index contributed by atoms with van der Waals surface area (Å²) in [7, 11) is 1.34. The van der Waals surface area contributed by atoms with Crippen molar-refractivity contribution in [3.05, 3.63) is 48.8 Å². The number of hydrogen-bond acceptors (Lipinski definition) is 4. The lowest BCUT2D eigenvalue weighted by molar-refractivity contribution is 0.187. The van der Waals surface area contributed by atoms with E-state index in [0.717, 1.165) is 20.8 Å². The van der Waals surface area contributed by atoms with Gasteiger partial charge >= 0.3 is 6.09 Å². The van der Waals surface area contributed by atoms with Crippen LogP contribution in [0.4, 0.5) is 10.5 Å². The minimum Gasteiger partial charge on any atom is -0.453 e. The Morgan fingerprint density at radius 1 is 1.29 bits per heavy atom. The zero-order valence-electron chi connectivity index (χ0n) is 11.3. The molecule has 1 amide bonds. The van der Waals surface area contributed by atoms with Gasteiger partial charge in [0.05, 0.1) is 30.2 Å². The van der Waals surface area contributed by atoms with Gasteiger partial charge in [-0.1, -0.05) is 30.0 Å². The van der Waals surface area contributed by atoms with Gasteiger partial charge in [-0.3, -0.25) is 5.32 Å². The Bertz CT molecular complexity index is 771. The van der Waals surface area contributed by atoms with Crippen molar-refractivity contribution < 1.29 is 9.53 Å². The number of nitrogens with zero attached hydrogens (tertiary/aromatic N) is 1. The van der Waals surface area contributed by atoms with Crippen molar-refractivity contribution >= 4 is 34.6 Å². The van der Waals surface area contributed by atoms with Crippen molar-refractivity contribution in [2.24, 2.45) is 0 Å². The van der Waals surface area contributed by atoms with Gasteiger partial charge in [-0.25, -0.2) is 9.78 Å². The summed E-state index contributed by atoms with van der Waals surface area (Å²) < 4.78 is 4.67. The van der Waals surface area contributed by atoms with Gasteiger partial charge in [0.15, 0.2) is 0 Å². The van der Waals surface area contributed by atoms with Crippen LogP contribution in [-0.2, 0) is 4.74 Å². The molecule has 106 valence electrons. The molecule has 5 nitrogen and oxygen atoms in total. The molecule has 1 aromatic heterocycles. The van der Waals surface area contributed by atoms with Crippen LogP contribution in [0.5, 0.6) is 0 Å². The largest absolute Gasteiger partial charge is 0.453 e. The van der Waals surface area contributed by atoms with E-state index in [1.807, 2.05) is 42.5 Å². The molecule has 0 aliphatic carbocycles. The van der Waals surface area contributed by atoms with Crippen LogP contribution in [0.2, 0.25) is 0 Å². The predicted molar refractivity (Wildman–Crippen MR) is 82.7 cm³/mol. The first kappa shape index (κ1) is 13.5. The maximum atomic E-state index is 11.5. The molecule has 0 saturated carbocycles. The fraction of sp³-hybridized carbons (Fsp3) is 0.0667. The summed E-state index contributed by atoms with van der Waals surface area (Å²) in [4.78, 5) is 20.8. The molecule has 0 aliphatic heterocycles. The molecule has 0 spiro atoms. The molecule has 0 unspecified atom stereocenters. The van der Waals surface area contributed by atoms with Crippen LogP contribution < -0.4 is 5.32 Å². The molecular formula is C15H13N3O2S. The number of fused-ring (bicyclic) bond motifs is 1. The third kappa shape index (κ3) is 3.00. The molecule has 3 rings (SSSR count). The van der Waals surface area contributed by atoms with E-state index in [4.69, 9.17) is 0 Å². The van der Waals surface area contributed by atoms with Crippen molar-refractivity contribution in [2.75, 3.05) is 12.4 Å². The van der Waals surface area contributed by atoms with Crippen molar-refractivity contribution in [2.45, 2.75) is 9.79 Å². The van der Waals surface area contributed by atoms with Crippen molar-refractivity contribution in [3.63, 3.8) is 0 Å². The average Bonchev–Trinajstić information content (AvgIpc) is 2.95. The van der Waals surface area contributed by atoms with E-state index >= 15 is 0 Å². The standard InChI is InChI=1S/C15H13N3O2S/c1-20-15(19)18-13-7-11-12(17-9-16-11)8-14(13)21-10-5-3-2-4-6-10/h2-9H,1H3,(H,16,17)(H,18,19). The number of H-pyrrole nitrogens is 1. The van der Waals surface area contributed by atoms with Crippen LogP contribution in [0, 0.1) is 0 Å². The highest BCUT2D eigenvalue weighted by atomic mass is 32.2. The van der Waals surface area contributed by atoms with E-state index in [1.54, 1.807) is 18.1 Å². The summed E-state index contributed by atoms with van der Waals surface area (Å²) in [6.45, 7) is 0. The Kier molecular flexibility index (Phi) is 3.79. The summed E-state index contributed by atoms with van der Waals surface area (Å²) in [5.41, 5.74) is 2.40. The van der Waals surface area contributed by atoms with Crippen LogP contribution in [0.1, 0.15) is 0 Å². The lowest BCUT2D eigenvalue weighted by atomic mass is 10.3. The normalized spacial score (nSPS) is 10.5. The number of ether oxygens (including phenoxy) is 1. The minimum absolute atomic E-state index is 0.497. The highest BCUT2D eigenvalue weighted by molar-refractivity contribution is 7.99. The van der Waals surface area contributed by atoms with Gasteiger partial charge in [0.1, 0.15) is 0 Å². The first-order valence-corrected chi connectivity index (χ1v) is 7.13. The monoisotopic (exact) mass is 299 g/mol. The molecule has 0 fully saturated rings. The molecule has 0 bridgehead atoms. The molecular weight excluding hydrogens is 286 g/mol. The van der Waals surface area contributed by atoms with Crippen LogP contribution in [0.3, 0.4) is 0 Å². The quantitative estimate of drug-likeness (QED) is 0.770. The number of amides is 1. The molecule has 1 heterocycles. The van der Waals surface area contributed by atoms with Crippen molar-refractivity contribution in [1.82, 2.24) is 9.97 Å². The Balaban J connectivity index is 2.01. The number of carbonyl (C=O) groups excluding carboxylic acids is 1. The molecule has 6 heteroatoms. The van der Waals surface area contributed by atoms with Crippen LogP contribution in [0.15, 0.2) is 58.6 Å². The van der Waals surface area contributed by atoms with E-state index in [2.05, 4.69) is 20.0 Å². The molecule has 0 aliphatic rings. The molecule has 21 heavy (non-hydrogen) atoms. The van der Waals surface area contributed by atoms with E-state index in [-0.39, 0.29) is 0 Å². The van der Waals surface area contributed by atoms with E-state index in [1.165, 1.54) is 7.11 Å². The van der Waals surface area contributed by atoms with Gasteiger partial charge in [-0.2, -0.15) is 0 Å². The van der Waals surface area contributed by atoms with Crippen molar-refractivity contribution in [1.29, 1.82) is 0 Å². The fourth-order valence-electron chi connectivity index (χ4n) is 1.92. The van der Waals surface area contributed by atoms with E-state index in [9.17, 15) is 4.79 Å². The summed E-state index contributed by atoms with van der Waals surface area (Å²) in [6.07, 6.45) is 1.13. The first-order chi connectivity index (χ1) is 10.3. The summed E-state index contributed by atoms with van der Waals surface area (Å²) >= 11 is 1.56. The van der Waals surface area contributed by atoms with Gasteiger partial charge in [-0.05, 0) is 24.3 Å². The number of nitrogens with one attached hydrogen (secondary N) is 2. The number of methoxy groups -OCH3 is 1. The Morgan fingerprint density at radius 2 is 2.10 bits per heavy atom. The van der Waals surface area contributed by atoms with E-state index in [0.29, 0.717) is 5.69 Å². The average molecular weight is 299 g/mol. The molecule has 0 saturated heterocycles. The second kappa shape index (κ2) is 5.88. The number of rotatable bonds is 3. The lowest BCUT2D eigenvalue weighted by Crippen LogP contribution is -2.11. The number of hydrogen-bond donors (Lipinski definition) is 2. The number of aromatic nitrogens is 2. The molecule has 3 aromatic rings. The SMILES string of the molecule is COC(=O)Nc1cc2[nH]cnc2cc1Sc1ccccc1. The van der Waals surface area contributed by atoms with Crippen LogP contribution in [0.25, 0.3) is 11.0 Å².